The van der Waals surface area contributed by atoms with E-state index in [4.69, 9.17) is 4.55 Å². The number of aryl methyl sites for hydroxylation is 1. The van der Waals surface area contributed by atoms with Crippen LogP contribution in [0, 0.1) is 6.92 Å². The normalized spacial score (nSPS) is 12.6. The molecule has 8 heteroatoms. The summed E-state index contributed by atoms with van der Waals surface area (Å²) in [6.45, 7) is 5.28. The number of phenolic OH excluding ortho intramolecular Hbond substituents is 1. The number of benzene rings is 1. The molecule has 2 aromatic rings. The van der Waals surface area contributed by atoms with Gasteiger partial charge in [-0.05, 0) is 25.1 Å². The van der Waals surface area contributed by atoms with Crippen molar-refractivity contribution in [3.05, 3.63) is 29.6 Å². The van der Waals surface area contributed by atoms with E-state index in [9.17, 15) is 18.6 Å². The van der Waals surface area contributed by atoms with Gasteiger partial charge in [-0.25, -0.2) is 4.98 Å². The van der Waals surface area contributed by atoms with Crippen molar-refractivity contribution in [2.24, 2.45) is 0 Å². The summed E-state index contributed by atoms with van der Waals surface area (Å²) in [7, 11) is -4.38. The van der Waals surface area contributed by atoms with Gasteiger partial charge in [0.15, 0.2) is 0 Å². The Morgan fingerprint density at radius 3 is 2.50 bits per heavy atom. The fourth-order valence-corrected chi connectivity index (χ4v) is 2.69. The third-order valence-corrected chi connectivity index (χ3v) is 4.29. The van der Waals surface area contributed by atoms with Gasteiger partial charge in [0, 0.05) is 11.1 Å². The Balaban J connectivity index is 2.61. The zero-order valence-corrected chi connectivity index (χ0v) is 13.3. The molecule has 1 aromatic carbocycles. The van der Waals surface area contributed by atoms with Crippen LogP contribution in [0.5, 0.6) is 5.75 Å². The first-order valence-corrected chi connectivity index (χ1v) is 7.99. The number of aromatic amines is 1. The van der Waals surface area contributed by atoms with Crippen molar-refractivity contribution in [1.29, 1.82) is 0 Å². The van der Waals surface area contributed by atoms with Crippen LogP contribution in [0.2, 0.25) is 0 Å². The number of imidazole rings is 1. The molecule has 1 aromatic heterocycles. The van der Waals surface area contributed by atoms with E-state index < -0.39 is 15.5 Å². The molecular weight excluding hydrogens is 308 g/mol. The lowest BCUT2D eigenvalue weighted by Gasteiger charge is -2.19. The summed E-state index contributed by atoms with van der Waals surface area (Å²) in [5.74, 6) is 0.0894. The number of aromatic nitrogens is 2. The second kappa shape index (κ2) is 5.38. The second-order valence-electron chi connectivity index (χ2n) is 5.76. The molecule has 4 N–H and O–H groups in total. The summed E-state index contributed by atoms with van der Waals surface area (Å²) in [6.07, 6.45) is 0. The molecule has 0 saturated carbocycles. The zero-order valence-electron chi connectivity index (χ0n) is 12.5. The average Bonchev–Trinajstić information content (AvgIpc) is 2.80. The Hall–Kier alpha value is -1.90. The van der Waals surface area contributed by atoms with Crippen LogP contribution in [0.15, 0.2) is 23.1 Å². The maximum atomic E-state index is 11.2. The van der Waals surface area contributed by atoms with Crippen molar-refractivity contribution in [2.45, 2.75) is 31.1 Å². The lowest BCUT2D eigenvalue weighted by atomic mass is 9.89. The molecule has 0 saturated heterocycles. The first-order valence-electron chi connectivity index (χ1n) is 6.55. The van der Waals surface area contributed by atoms with Gasteiger partial charge in [0.2, 0.25) is 0 Å². The Morgan fingerprint density at radius 2 is 1.95 bits per heavy atom. The fraction of sp³-hybridized carbons (Fsp3) is 0.357. The van der Waals surface area contributed by atoms with Crippen molar-refractivity contribution >= 4 is 10.1 Å². The van der Waals surface area contributed by atoms with Crippen LogP contribution in [0.4, 0.5) is 0 Å². The monoisotopic (exact) mass is 326 g/mol. The summed E-state index contributed by atoms with van der Waals surface area (Å²) in [5, 5.41) is 19.4. The highest BCUT2D eigenvalue weighted by Gasteiger charge is 2.26. The molecule has 2 rings (SSSR count). The number of nitrogens with one attached hydrogen (secondary N) is 1. The third kappa shape index (κ3) is 2.99. The highest BCUT2D eigenvalue weighted by Crippen LogP contribution is 2.32. The second-order valence-corrected chi connectivity index (χ2v) is 7.18. The highest BCUT2D eigenvalue weighted by atomic mass is 32.2. The third-order valence-electron chi connectivity index (χ3n) is 3.44. The summed E-state index contributed by atoms with van der Waals surface area (Å²) in [6, 6.07) is 3.41. The number of nitrogens with zero attached hydrogens (tertiary/aromatic N) is 1. The molecule has 0 fully saturated rings. The van der Waals surface area contributed by atoms with Crippen LogP contribution < -0.4 is 0 Å². The molecule has 0 aliphatic carbocycles. The molecule has 0 amide bonds. The summed E-state index contributed by atoms with van der Waals surface area (Å²) in [4.78, 5) is 6.98. The molecule has 0 unspecified atom stereocenters. The lowest BCUT2D eigenvalue weighted by Crippen LogP contribution is -2.23. The number of hydrogen-bond acceptors (Lipinski definition) is 5. The van der Waals surface area contributed by atoms with E-state index in [1.54, 1.807) is 6.92 Å². The smallest absolute Gasteiger partial charge is 0.294 e. The molecule has 22 heavy (non-hydrogen) atoms. The topological polar surface area (TPSA) is 124 Å². The number of H-pyrrole nitrogens is 1. The quantitative estimate of drug-likeness (QED) is 0.633. The van der Waals surface area contributed by atoms with E-state index >= 15 is 0 Å². The zero-order chi connectivity index (χ0) is 16.7. The fourth-order valence-electron chi connectivity index (χ4n) is 2.19. The number of phenols is 1. The van der Waals surface area contributed by atoms with Crippen LogP contribution in [-0.4, -0.2) is 39.8 Å². The van der Waals surface area contributed by atoms with Crippen molar-refractivity contribution in [1.82, 2.24) is 9.97 Å². The van der Waals surface area contributed by atoms with Gasteiger partial charge in [-0.2, -0.15) is 8.42 Å². The molecular formula is C14H18N2O5S. The van der Waals surface area contributed by atoms with E-state index in [0.717, 1.165) is 12.1 Å². The van der Waals surface area contributed by atoms with Gasteiger partial charge in [-0.1, -0.05) is 13.8 Å². The highest BCUT2D eigenvalue weighted by molar-refractivity contribution is 7.85. The minimum atomic E-state index is -4.38. The summed E-state index contributed by atoms with van der Waals surface area (Å²) in [5.41, 5.74) is 0.875. The average molecular weight is 326 g/mol. The van der Waals surface area contributed by atoms with E-state index in [1.807, 2.05) is 13.8 Å². The predicted octanol–water partition coefficient (Wildman–Crippen LogP) is 1.61. The molecule has 0 bridgehead atoms. The minimum absolute atomic E-state index is 0.116. The number of aliphatic hydroxyl groups is 1. The Labute approximate surface area is 128 Å². The number of aliphatic hydroxyl groups excluding tert-OH is 1. The van der Waals surface area contributed by atoms with Crippen molar-refractivity contribution in [3.8, 4) is 17.1 Å². The van der Waals surface area contributed by atoms with Gasteiger partial charge < -0.3 is 15.2 Å². The molecule has 0 atom stereocenters. The molecule has 120 valence electrons. The van der Waals surface area contributed by atoms with E-state index in [0.29, 0.717) is 11.4 Å². The molecule has 1 heterocycles. The van der Waals surface area contributed by atoms with Crippen LogP contribution in [0.25, 0.3) is 11.4 Å². The Morgan fingerprint density at radius 1 is 1.32 bits per heavy atom. The maximum Gasteiger partial charge on any atom is 0.294 e. The van der Waals surface area contributed by atoms with Gasteiger partial charge in [0.05, 0.1) is 22.8 Å². The van der Waals surface area contributed by atoms with Crippen LogP contribution in [0.3, 0.4) is 0 Å². The summed E-state index contributed by atoms with van der Waals surface area (Å²) < 4.78 is 31.5. The molecule has 0 aliphatic heterocycles. The largest absolute Gasteiger partial charge is 0.507 e. The van der Waals surface area contributed by atoms with Crippen molar-refractivity contribution < 1.29 is 23.2 Å². The Kier molecular flexibility index (Phi) is 4.03. The molecule has 0 aliphatic rings. The Bertz CT molecular complexity index is 809. The van der Waals surface area contributed by atoms with Crippen molar-refractivity contribution in [2.75, 3.05) is 6.61 Å². The first-order chi connectivity index (χ1) is 10.1. The van der Waals surface area contributed by atoms with E-state index in [1.165, 1.54) is 6.07 Å². The van der Waals surface area contributed by atoms with Crippen LogP contribution in [-0.2, 0) is 15.5 Å². The van der Waals surface area contributed by atoms with Crippen LogP contribution in [0.1, 0.15) is 25.2 Å². The SMILES string of the molecule is Cc1[nH]c(-c2cc(S(=O)(=O)O)ccc2O)nc1C(C)(C)CO. The summed E-state index contributed by atoms with van der Waals surface area (Å²) >= 11 is 0. The molecule has 0 radical (unpaired) electrons. The van der Waals surface area contributed by atoms with Crippen molar-refractivity contribution in [3.63, 3.8) is 0 Å². The van der Waals surface area contributed by atoms with E-state index in [-0.39, 0.29) is 28.6 Å². The first kappa shape index (κ1) is 16.5. The van der Waals surface area contributed by atoms with E-state index in [2.05, 4.69) is 9.97 Å². The van der Waals surface area contributed by atoms with Gasteiger partial charge in [-0.15, -0.1) is 0 Å². The van der Waals surface area contributed by atoms with Gasteiger partial charge in [0.1, 0.15) is 11.6 Å². The van der Waals surface area contributed by atoms with Gasteiger partial charge >= 0.3 is 0 Å². The maximum absolute atomic E-state index is 11.2. The number of aromatic hydroxyl groups is 1. The standard InChI is InChI=1S/C14H18N2O5S/c1-8-12(14(2,3)7-17)16-13(15-8)10-6-9(22(19,20)21)4-5-11(10)18/h4-6,17-18H,7H2,1-3H3,(H,15,16)(H,19,20,21). The minimum Gasteiger partial charge on any atom is -0.507 e. The number of hydrogen-bond donors (Lipinski definition) is 4. The predicted molar refractivity (Wildman–Crippen MR) is 80.4 cm³/mol. The molecule has 0 spiro atoms. The molecule has 7 nitrogen and oxygen atoms in total. The number of rotatable bonds is 4. The lowest BCUT2D eigenvalue weighted by molar-refractivity contribution is 0.215. The van der Waals surface area contributed by atoms with Gasteiger partial charge in [-0.3, -0.25) is 4.55 Å². The van der Waals surface area contributed by atoms with Gasteiger partial charge in [0.25, 0.3) is 10.1 Å². The van der Waals surface area contributed by atoms with Crippen LogP contribution >= 0.6 is 0 Å².